The second-order valence-corrected chi connectivity index (χ2v) is 6.14. The number of hydrogen-bond acceptors (Lipinski definition) is 4. The number of aromatic amines is 1. The quantitative estimate of drug-likeness (QED) is 0.377. The van der Waals surface area contributed by atoms with E-state index in [1.807, 2.05) is 0 Å². The number of alkyl halides is 3. The summed E-state index contributed by atoms with van der Waals surface area (Å²) >= 11 is 0. The zero-order chi connectivity index (χ0) is 22.2. The fourth-order valence-corrected chi connectivity index (χ4v) is 2.72. The minimum atomic E-state index is -4.96. The summed E-state index contributed by atoms with van der Waals surface area (Å²) in [5, 5.41) is 12.7. The molecule has 2 N–H and O–H groups in total. The van der Waals surface area contributed by atoms with E-state index in [1.165, 1.54) is 6.07 Å². The summed E-state index contributed by atoms with van der Waals surface area (Å²) in [6.07, 6.45) is -4.14. The molecule has 2 aromatic carbocycles. The number of amides is 1. The van der Waals surface area contributed by atoms with Gasteiger partial charge in [0.2, 0.25) is 5.43 Å². The van der Waals surface area contributed by atoms with Crippen LogP contribution >= 0.6 is 0 Å². The largest absolute Gasteiger partial charge is 0.416 e. The Morgan fingerprint density at radius 2 is 1.83 bits per heavy atom. The van der Waals surface area contributed by atoms with Crippen molar-refractivity contribution in [2.75, 3.05) is 0 Å². The first-order valence-electron chi connectivity index (χ1n) is 8.12. The summed E-state index contributed by atoms with van der Waals surface area (Å²) in [7, 11) is 0. The molecule has 156 valence electrons. The Labute approximate surface area is 163 Å². The highest BCUT2D eigenvalue weighted by Crippen LogP contribution is 2.34. The monoisotopic (exact) mass is 427 g/mol. The van der Waals surface area contributed by atoms with Crippen molar-refractivity contribution in [3.63, 3.8) is 0 Å². The maximum absolute atomic E-state index is 13.2. The van der Waals surface area contributed by atoms with E-state index >= 15 is 0 Å². The number of benzene rings is 2. The van der Waals surface area contributed by atoms with Gasteiger partial charge in [-0.1, -0.05) is 6.07 Å². The number of hydrogen-bond donors (Lipinski definition) is 2. The molecule has 3 rings (SSSR count). The Kier molecular flexibility index (Phi) is 5.25. The van der Waals surface area contributed by atoms with Gasteiger partial charge >= 0.3 is 6.18 Å². The van der Waals surface area contributed by atoms with Crippen LogP contribution < -0.4 is 10.7 Å². The standard InChI is InChI=1S/C18H10F5N3O4/c19-12-2-1-8(3-13(12)20)6-25-17(28)11-7-24-15-10(16(11)27)4-9(18(21,22)23)5-14(15)26(29)30/h1-5,7H,6H2,(H,24,27)(H,25,28). The first-order valence-corrected chi connectivity index (χ1v) is 8.12. The van der Waals surface area contributed by atoms with Crippen molar-refractivity contribution in [2.24, 2.45) is 0 Å². The van der Waals surface area contributed by atoms with E-state index in [-0.39, 0.29) is 18.2 Å². The fourth-order valence-electron chi connectivity index (χ4n) is 2.72. The van der Waals surface area contributed by atoms with Crippen LogP contribution in [-0.4, -0.2) is 15.8 Å². The van der Waals surface area contributed by atoms with E-state index in [9.17, 15) is 41.7 Å². The van der Waals surface area contributed by atoms with Gasteiger partial charge in [-0.3, -0.25) is 19.7 Å². The number of halogens is 5. The number of nitro groups is 1. The van der Waals surface area contributed by atoms with Gasteiger partial charge in [0.25, 0.3) is 11.6 Å². The Bertz CT molecular complexity index is 1240. The van der Waals surface area contributed by atoms with Crippen LogP contribution in [0.2, 0.25) is 0 Å². The Balaban J connectivity index is 2.01. The maximum atomic E-state index is 13.2. The molecule has 0 aliphatic heterocycles. The van der Waals surface area contributed by atoms with Crippen molar-refractivity contribution >= 4 is 22.5 Å². The molecule has 1 aromatic heterocycles. The van der Waals surface area contributed by atoms with E-state index in [0.29, 0.717) is 6.07 Å². The zero-order valence-corrected chi connectivity index (χ0v) is 14.6. The number of carbonyl (C=O) groups is 1. The number of nitrogens with one attached hydrogen (secondary N) is 2. The summed E-state index contributed by atoms with van der Waals surface area (Å²) in [5.74, 6) is -3.28. The summed E-state index contributed by atoms with van der Waals surface area (Å²) in [5.41, 5.74) is -4.50. The maximum Gasteiger partial charge on any atom is 0.416 e. The van der Waals surface area contributed by atoms with E-state index in [0.717, 1.165) is 18.3 Å². The molecule has 0 aliphatic carbocycles. The van der Waals surface area contributed by atoms with E-state index in [1.54, 1.807) is 0 Å². The smallest absolute Gasteiger partial charge is 0.355 e. The van der Waals surface area contributed by atoms with Crippen molar-refractivity contribution in [2.45, 2.75) is 12.7 Å². The number of fused-ring (bicyclic) bond motifs is 1. The van der Waals surface area contributed by atoms with Crippen LogP contribution in [0.1, 0.15) is 21.5 Å². The number of H-pyrrole nitrogens is 1. The summed E-state index contributed by atoms with van der Waals surface area (Å²) < 4.78 is 65.3. The number of rotatable bonds is 4. The second-order valence-electron chi connectivity index (χ2n) is 6.14. The van der Waals surface area contributed by atoms with E-state index in [2.05, 4.69) is 10.3 Å². The van der Waals surface area contributed by atoms with Crippen LogP contribution in [0.5, 0.6) is 0 Å². The van der Waals surface area contributed by atoms with Crippen LogP contribution in [0.25, 0.3) is 10.9 Å². The molecular formula is C18H10F5N3O4. The highest BCUT2D eigenvalue weighted by Gasteiger charge is 2.34. The summed E-state index contributed by atoms with van der Waals surface area (Å²) in [6, 6.07) is 3.52. The number of non-ortho nitro benzene ring substituents is 1. The van der Waals surface area contributed by atoms with Crippen LogP contribution in [0.3, 0.4) is 0 Å². The minimum absolute atomic E-state index is 0.162. The van der Waals surface area contributed by atoms with Gasteiger partial charge in [-0.25, -0.2) is 8.78 Å². The van der Waals surface area contributed by atoms with Gasteiger partial charge in [-0.15, -0.1) is 0 Å². The van der Waals surface area contributed by atoms with Crippen molar-refractivity contribution in [3.05, 3.63) is 85.2 Å². The van der Waals surface area contributed by atoms with Crippen molar-refractivity contribution in [1.29, 1.82) is 0 Å². The summed E-state index contributed by atoms with van der Waals surface area (Å²) in [4.78, 5) is 37.2. The van der Waals surface area contributed by atoms with Gasteiger partial charge in [0.1, 0.15) is 11.1 Å². The molecular weight excluding hydrogens is 417 g/mol. The average molecular weight is 427 g/mol. The molecule has 0 radical (unpaired) electrons. The first kappa shape index (κ1) is 20.9. The van der Waals surface area contributed by atoms with E-state index in [4.69, 9.17) is 0 Å². The summed E-state index contributed by atoms with van der Waals surface area (Å²) in [6.45, 7) is -0.309. The second kappa shape index (κ2) is 7.54. The van der Waals surface area contributed by atoms with E-state index < -0.39 is 61.8 Å². The lowest BCUT2D eigenvalue weighted by atomic mass is 10.1. The molecule has 1 heterocycles. The molecule has 0 saturated carbocycles. The number of aromatic nitrogens is 1. The molecule has 0 bridgehead atoms. The topological polar surface area (TPSA) is 105 Å². The molecule has 0 unspecified atom stereocenters. The van der Waals surface area contributed by atoms with Gasteiger partial charge in [-0.05, 0) is 23.8 Å². The minimum Gasteiger partial charge on any atom is -0.355 e. The molecule has 0 saturated heterocycles. The molecule has 0 spiro atoms. The van der Waals surface area contributed by atoms with Crippen molar-refractivity contribution < 1.29 is 31.7 Å². The molecule has 0 fully saturated rings. The van der Waals surface area contributed by atoms with Crippen molar-refractivity contribution in [3.8, 4) is 0 Å². The molecule has 3 aromatic rings. The molecule has 1 amide bonds. The van der Waals surface area contributed by atoms with Crippen LogP contribution in [0.15, 0.2) is 41.3 Å². The Morgan fingerprint density at radius 3 is 2.43 bits per heavy atom. The van der Waals surface area contributed by atoms with Crippen LogP contribution in [0, 0.1) is 21.7 Å². The lowest BCUT2D eigenvalue weighted by Crippen LogP contribution is -2.28. The van der Waals surface area contributed by atoms with Gasteiger partial charge in [0.15, 0.2) is 11.6 Å². The average Bonchev–Trinajstić information content (AvgIpc) is 2.67. The fraction of sp³-hybridized carbons (Fsp3) is 0.111. The number of nitrogens with zero attached hydrogens (tertiary/aromatic N) is 1. The van der Waals surface area contributed by atoms with Gasteiger partial charge in [-0.2, -0.15) is 13.2 Å². The number of nitro benzene ring substituents is 1. The predicted molar refractivity (Wildman–Crippen MR) is 93.8 cm³/mol. The zero-order valence-electron chi connectivity index (χ0n) is 14.6. The lowest BCUT2D eigenvalue weighted by Gasteiger charge is -2.10. The first-order chi connectivity index (χ1) is 14.0. The molecule has 7 nitrogen and oxygen atoms in total. The van der Waals surface area contributed by atoms with Gasteiger partial charge in [0.05, 0.1) is 15.9 Å². The highest BCUT2D eigenvalue weighted by atomic mass is 19.4. The highest BCUT2D eigenvalue weighted by molar-refractivity contribution is 5.98. The molecule has 0 atom stereocenters. The lowest BCUT2D eigenvalue weighted by molar-refractivity contribution is -0.383. The third kappa shape index (κ3) is 3.97. The SMILES string of the molecule is O=C(NCc1ccc(F)c(F)c1)c1c[nH]c2c([N+](=O)[O-])cc(C(F)(F)F)cc2c1=O. The van der Waals surface area contributed by atoms with Gasteiger partial charge < -0.3 is 10.3 Å². The molecule has 12 heteroatoms. The van der Waals surface area contributed by atoms with Crippen LogP contribution in [0.4, 0.5) is 27.6 Å². The van der Waals surface area contributed by atoms with Crippen molar-refractivity contribution in [1.82, 2.24) is 10.3 Å². The third-order valence-corrected chi connectivity index (χ3v) is 4.17. The number of pyridine rings is 1. The third-order valence-electron chi connectivity index (χ3n) is 4.17. The Morgan fingerprint density at radius 1 is 1.13 bits per heavy atom. The Hall–Kier alpha value is -3.83. The molecule has 30 heavy (non-hydrogen) atoms. The normalized spacial score (nSPS) is 11.5. The predicted octanol–water partition coefficient (Wildman–Crippen LogP) is 3.66. The van der Waals surface area contributed by atoms with Crippen LogP contribution in [-0.2, 0) is 12.7 Å². The number of carbonyl (C=O) groups excluding carboxylic acids is 1. The molecule has 0 aliphatic rings. The van der Waals surface area contributed by atoms with Gasteiger partial charge in [0, 0.05) is 18.8 Å².